The zero-order valence-corrected chi connectivity index (χ0v) is 11.3. The third-order valence-corrected chi connectivity index (χ3v) is 3.97. The number of nitrogens with one attached hydrogen (secondary N) is 1. The van der Waals surface area contributed by atoms with Gasteiger partial charge in [0.25, 0.3) is 0 Å². The van der Waals surface area contributed by atoms with Crippen molar-refractivity contribution >= 4 is 22.9 Å². The van der Waals surface area contributed by atoms with E-state index in [2.05, 4.69) is 5.32 Å². The summed E-state index contributed by atoms with van der Waals surface area (Å²) in [5, 5.41) is 3.04. The number of halogens is 3. The Balaban J connectivity index is 2.22. The first kappa shape index (κ1) is 13.5. The first-order valence-corrected chi connectivity index (χ1v) is 6.66. The molecule has 0 saturated heterocycles. The lowest BCUT2D eigenvalue weighted by atomic mass is 10.0. The summed E-state index contributed by atoms with van der Waals surface area (Å²) in [6, 6.07) is 7.18. The van der Waals surface area contributed by atoms with E-state index in [1.54, 1.807) is 7.05 Å². The van der Waals surface area contributed by atoms with Crippen LogP contribution >= 0.6 is 22.9 Å². The molecular formula is C13H12ClF2NS. The Morgan fingerprint density at radius 2 is 2.06 bits per heavy atom. The molecule has 2 rings (SSSR count). The van der Waals surface area contributed by atoms with Gasteiger partial charge < -0.3 is 5.32 Å². The number of thiophene rings is 1. The van der Waals surface area contributed by atoms with E-state index in [4.69, 9.17) is 11.6 Å². The van der Waals surface area contributed by atoms with Crippen molar-refractivity contribution in [3.8, 4) is 0 Å². The summed E-state index contributed by atoms with van der Waals surface area (Å²) in [6.07, 6.45) is 0.621. The molecule has 5 heteroatoms. The molecule has 1 N–H and O–H groups in total. The van der Waals surface area contributed by atoms with E-state index < -0.39 is 11.6 Å². The number of rotatable bonds is 4. The summed E-state index contributed by atoms with van der Waals surface area (Å²) < 4.78 is 27.3. The molecule has 2 aromatic rings. The molecule has 0 aliphatic rings. The molecule has 0 aliphatic carbocycles. The third kappa shape index (κ3) is 3.07. The fourth-order valence-electron chi connectivity index (χ4n) is 1.81. The molecule has 1 heterocycles. The summed E-state index contributed by atoms with van der Waals surface area (Å²) in [4.78, 5) is 1.06. The van der Waals surface area contributed by atoms with Gasteiger partial charge in [-0.15, -0.1) is 11.3 Å². The molecule has 1 aromatic heterocycles. The Labute approximate surface area is 113 Å². The van der Waals surface area contributed by atoms with Crippen molar-refractivity contribution < 1.29 is 8.78 Å². The quantitative estimate of drug-likeness (QED) is 0.889. The molecule has 0 aliphatic heterocycles. The number of hydrogen-bond acceptors (Lipinski definition) is 2. The maximum atomic E-state index is 13.7. The van der Waals surface area contributed by atoms with Gasteiger partial charge in [0.1, 0.15) is 11.6 Å². The van der Waals surface area contributed by atoms with E-state index in [0.717, 1.165) is 10.9 Å². The molecule has 0 fully saturated rings. The molecule has 0 saturated carbocycles. The second-order valence-corrected chi connectivity index (χ2v) is 5.72. The second kappa shape index (κ2) is 5.78. The number of likely N-dealkylation sites (N-methyl/N-ethyl adjacent to an activating group) is 1. The van der Waals surface area contributed by atoms with E-state index >= 15 is 0 Å². The summed E-state index contributed by atoms with van der Waals surface area (Å²) in [5.74, 6) is -1.10. The van der Waals surface area contributed by atoms with Crippen LogP contribution in [0, 0.1) is 11.6 Å². The lowest BCUT2D eigenvalue weighted by molar-refractivity contribution is 0.523. The van der Waals surface area contributed by atoms with Crippen molar-refractivity contribution in [1.82, 2.24) is 5.32 Å². The highest BCUT2D eigenvalue weighted by molar-refractivity contribution is 7.16. The van der Waals surface area contributed by atoms with Crippen LogP contribution in [-0.4, -0.2) is 7.05 Å². The molecule has 0 amide bonds. The third-order valence-electron chi connectivity index (χ3n) is 2.72. The largest absolute Gasteiger partial charge is 0.313 e. The SMILES string of the molecule is CNC(Cc1ccc(Cl)s1)c1ccc(F)cc1F. The minimum absolute atomic E-state index is 0.194. The summed E-state index contributed by atoms with van der Waals surface area (Å²) in [7, 11) is 1.75. The Morgan fingerprint density at radius 1 is 1.28 bits per heavy atom. The van der Waals surface area contributed by atoms with Crippen molar-refractivity contribution in [2.24, 2.45) is 0 Å². The van der Waals surface area contributed by atoms with Gasteiger partial charge >= 0.3 is 0 Å². The molecule has 1 aromatic carbocycles. The van der Waals surface area contributed by atoms with Crippen LogP contribution in [0.4, 0.5) is 8.78 Å². The Bertz CT molecular complexity index is 542. The molecular weight excluding hydrogens is 276 g/mol. The highest BCUT2D eigenvalue weighted by Gasteiger charge is 2.16. The zero-order chi connectivity index (χ0) is 13.1. The van der Waals surface area contributed by atoms with Crippen LogP contribution < -0.4 is 5.32 Å². The first-order valence-electron chi connectivity index (χ1n) is 5.46. The average molecular weight is 288 g/mol. The van der Waals surface area contributed by atoms with Crippen LogP contribution in [0.1, 0.15) is 16.5 Å². The van der Waals surface area contributed by atoms with Gasteiger partial charge in [-0.1, -0.05) is 17.7 Å². The topological polar surface area (TPSA) is 12.0 Å². The van der Waals surface area contributed by atoms with Gasteiger partial charge in [-0.05, 0) is 25.2 Å². The molecule has 1 nitrogen and oxygen atoms in total. The molecule has 1 unspecified atom stereocenters. The zero-order valence-electron chi connectivity index (χ0n) is 9.71. The molecule has 0 bridgehead atoms. The Morgan fingerprint density at radius 3 is 2.61 bits per heavy atom. The van der Waals surface area contributed by atoms with Crippen molar-refractivity contribution in [1.29, 1.82) is 0 Å². The molecule has 0 spiro atoms. The maximum Gasteiger partial charge on any atom is 0.130 e. The van der Waals surface area contributed by atoms with Gasteiger partial charge in [0, 0.05) is 29.0 Å². The van der Waals surface area contributed by atoms with E-state index in [1.165, 1.54) is 23.5 Å². The summed E-state index contributed by atoms with van der Waals surface area (Å²) >= 11 is 7.32. The van der Waals surface area contributed by atoms with Gasteiger partial charge in [-0.2, -0.15) is 0 Å². The van der Waals surface area contributed by atoms with Gasteiger partial charge in [-0.25, -0.2) is 8.78 Å². The standard InChI is InChI=1S/C13H12ClF2NS/c1-17-12(7-9-3-5-13(14)18-9)10-4-2-8(15)6-11(10)16/h2-6,12,17H,7H2,1H3. The van der Waals surface area contributed by atoms with Gasteiger partial charge in [0.2, 0.25) is 0 Å². The highest BCUT2D eigenvalue weighted by Crippen LogP contribution is 2.27. The minimum atomic E-state index is -0.565. The Kier molecular flexibility index (Phi) is 4.32. The molecule has 18 heavy (non-hydrogen) atoms. The number of benzene rings is 1. The van der Waals surface area contributed by atoms with Crippen LogP contribution in [-0.2, 0) is 6.42 Å². The van der Waals surface area contributed by atoms with E-state index in [1.807, 2.05) is 12.1 Å². The fourth-order valence-corrected chi connectivity index (χ4v) is 2.95. The summed E-state index contributed by atoms with van der Waals surface area (Å²) in [6.45, 7) is 0. The lowest BCUT2D eigenvalue weighted by Gasteiger charge is -2.16. The van der Waals surface area contributed by atoms with Crippen molar-refractivity contribution in [3.05, 3.63) is 56.7 Å². The minimum Gasteiger partial charge on any atom is -0.313 e. The predicted octanol–water partition coefficient (Wildman–Crippen LogP) is 4.18. The van der Waals surface area contributed by atoms with E-state index in [0.29, 0.717) is 16.3 Å². The molecule has 96 valence electrons. The maximum absolute atomic E-state index is 13.7. The van der Waals surface area contributed by atoms with Crippen molar-refractivity contribution in [3.63, 3.8) is 0 Å². The van der Waals surface area contributed by atoms with Crippen LogP contribution in [0.3, 0.4) is 0 Å². The van der Waals surface area contributed by atoms with Gasteiger partial charge in [0.05, 0.1) is 4.34 Å². The fraction of sp³-hybridized carbons (Fsp3) is 0.231. The normalized spacial score (nSPS) is 12.7. The Hall–Kier alpha value is -0.970. The van der Waals surface area contributed by atoms with E-state index in [9.17, 15) is 8.78 Å². The van der Waals surface area contributed by atoms with Gasteiger partial charge in [0.15, 0.2) is 0 Å². The van der Waals surface area contributed by atoms with Crippen LogP contribution in [0.25, 0.3) is 0 Å². The number of hydrogen-bond donors (Lipinski definition) is 1. The molecule has 0 radical (unpaired) electrons. The predicted molar refractivity (Wildman–Crippen MR) is 71.2 cm³/mol. The van der Waals surface area contributed by atoms with Crippen LogP contribution in [0.2, 0.25) is 4.34 Å². The second-order valence-electron chi connectivity index (χ2n) is 3.92. The van der Waals surface area contributed by atoms with Crippen molar-refractivity contribution in [2.75, 3.05) is 7.05 Å². The van der Waals surface area contributed by atoms with Crippen LogP contribution in [0.15, 0.2) is 30.3 Å². The first-order chi connectivity index (χ1) is 8.60. The highest BCUT2D eigenvalue weighted by atomic mass is 35.5. The smallest absolute Gasteiger partial charge is 0.130 e. The summed E-state index contributed by atoms with van der Waals surface area (Å²) in [5.41, 5.74) is 0.462. The van der Waals surface area contributed by atoms with Crippen LogP contribution in [0.5, 0.6) is 0 Å². The average Bonchev–Trinajstić information content (AvgIpc) is 2.72. The van der Waals surface area contributed by atoms with Gasteiger partial charge in [-0.3, -0.25) is 0 Å². The van der Waals surface area contributed by atoms with E-state index in [-0.39, 0.29) is 6.04 Å². The monoisotopic (exact) mass is 287 g/mol. The lowest BCUT2D eigenvalue weighted by Crippen LogP contribution is -2.19. The van der Waals surface area contributed by atoms with Crippen molar-refractivity contribution in [2.45, 2.75) is 12.5 Å². The molecule has 1 atom stereocenters.